The number of para-hydroxylation sites is 1. The van der Waals surface area contributed by atoms with Crippen LogP contribution in [0.3, 0.4) is 0 Å². The molecule has 1 aliphatic heterocycles. The Kier molecular flexibility index (Phi) is 5.46. The van der Waals surface area contributed by atoms with E-state index in [0.29, 0.717) is 58.3 Å². The number of carbonyl (C=O) groups excluding carboxylic acids is 1. The van der Waals surface area contributed by atoms with Crippen LogP contribution in [0.2, 0.25) is 0 Å². The summed E-state index contributed by atoms with van der Waals surface area (Å²) in [5, 5.41) is 6.62. The van der Waals surface area contributed by atoms with Crippen LogP contribution in [0, 0.1) is 5.41 Å². The highest BCUT2D eigenvalue weighted by atomic mass is 16.5. The Morgan fingerprint density at radius 1 is 0.914 bits per heavy atom. The van der Waals surface area contributed by atoms with Gasteiger partial charge in [0.25, 0.3) is 5.56 Å². The fourth-order valence-corrected chi connectivity index (χ4v) is 5.31. The number of aromatic amines is 1. The van der Waals surface area contributed by atoms with E-state index in [4.69, 9.17) is 14.2 Å². The summed E-state index contributed by atoms with van der Waals surface area (Å²) in [5.41, 5.74) is 2.83. The average Bonchev–Trinajstić information content (AvgIpc) is 3.17. The number of ether oxygens (including phenoxy) is 3. The number of nitrogens with one attached hydrogen (secondary N) is 2. The van der Waals surface area contributed by atoms with E-state index in [1.165, 1.54) is 11.8 Å². The maximum Gasteiger partial charge on any atom is 0.277 e. The first kappa shape index (κ1) is 22.8. The van der Waals surface area contributed by atoms with Crippen LogP contribution in [0.15, 0.2) is 58.5 Å². The fourth-order valence-electron chi connectivity index (χ4n) is 5.31. The van der Waals surface area contributed by atoms with E-state index >= 15 is 0 Å². The zero-order valence-corrected chi connectivity index (χ0v) is 20.5. The summed E-state index contributed by atoms with van der Waals surface area (Å²) in [6.45, 7) is 4.16. The summed E-state index contributed by atoms with van der Waals surface area (Å²) in [6, 6.07) is 13.0. The summed E-state index contributed by atoms with van der Waals surface area (Å²) >= 11 is 0. The van der Waals surface area contributed by atoms with Crippen LogP contribution in [0.4, 0.5) is 5.82 Å². The average molecular weight is 476 g/mol. The molecule has 0 fully saturated rings. The Morgan fingerprint density at radius 3 is 2.29 bits per heavy atom. The number of anilines is 1. The SMILES string of the molecule is COc1ccc([C@H]2C3=C(CC(C)(C)CC3=O)Nc3[nH]n(-c4ccccc4)c(=O)c32)c(OC)c1OC. The molecule has 0 radical (unpaired) electrons. The number of methoxy groups -OCH3 is 3. The lowest BCUT2D eigenvalue weighted by molar-refractivity contribution is -0.118. The van der Waals surface area contributed by atoms with Crippen molar-refractivity contribution in [3.63, 3.8) is 0 Å². The van der Waals surface area contributed by atoms with Gasteiger partial charge in [-0.05, 0) is 30.0 Å². The first-order chi connectivity index (χ1) is 16.8. The van der Waals surface area contributed by atoms with Gasteiger partial charge in [0.15, 0.2) is 17.3 Å². The van der Waals surface area contributed by atoms with Gasteiger partial charge in [-0.15, -0.1) is 0 Å². The van der Waals surface area contributed by atoms with Gasteiger partial charge >= 0.3 is 0 Å². The highest BCUT2D eigenvalue weighted by Crippen LogP contribution is 2.52. The Balaban J connectivity index is 1.81. The largest absolute Gasteiger partial charge is 0.493 e. The normalized spacial score (nSPS) is 18.4. The van der Waals surface area contributed by atoms with Crippen LogP contribution in [-0.2, 0) is 4.79 Å². The van der Waals surface area contributed by atoms with Gasteiger partial charge in [0.05, 0.1) is 38.5 Å². The molecular formula is C27H29N3O5. The van der Waals surface area contributed by atoms with Crippen LogP contribution < -0.4 is 25.1 Å². The zero-order valence-electron chi connectivity index (χ0n) is 20.5. The third-order valence-corrected chi connectivity index (χ3v) is 6.76. The molecule has 0 amide bonds. The number of Topliss-reactive ketones (excluding diaryl/α,β-unsaturated/α-hetero) is 1. The maximum absolute atomic E-state index is 13.8. The van der Waals surface area contributed by atoms with Gasteiger partial charge in [0.2, 0.25) is 5.75 Å². The van der Waals surface area contributed by atoms with E-state index in [1.54, 1.807) is 20.3 Å². The zero-order chi connectivity index (χ0) is 24.9. The lowest BCUT2D eigenvalue weighted by atomic mass is 9.69. The van der Waals surface area contributed by atoms with Crippen molar-refractivity contribution in [1.29, 1.82) is 0 Å². The lowest BCUT2D eigenvalue weighted by Crippen LogP contribution is -2.35. The first-order valence-electron chi connectivity index (χ1n) is 11.5. The van der Waals surface area contributed by atoms with Gasteiger partial charge in [0, 0.05) is 23.3 Å². The van der Waals surface area contributed by atoms with Crippen molar-refractivity contribution in [3.8, 4) is 22.9 Å². The number of nitrogens with zero attached hydrogens (tertiary/aromatic N) is 1. The molecule has 0 saturated carbocycles. The van der Waals surface area contributed by atoms with E-state index in [9.17, 15) is 9.59 Å². The second-order valence-corrected chi connectivity index (χ2v) is 9.69. The first-order valence-corrected chi connectivity index (χ1v) is 11.5. The van der Waals surface area contributed by atoms with E-state index in [2.05, 4.69) is 24.3 Å². The third-order valence-electron chi connectivity index (χ3n) is 6.76. The molecule has 2 aliphatic rings. The molecule has 0 saturated heterocycles. The molecular weight excluding hydrogens is 446 g/mol. The standard InChI is InChI=1S/C27H29N3O5/c1-27(2)13-17-21(18(31)14-27)20(16-11-12-19(33-3)24(35-5)23(16)34-4)22-25(28-17)29-30(26(22)32)15-9-7-6-8-10-15/h6-12,20,28-29H,13-14H2,1-5H3/t20-/m0/s1. The number of rotatable bonds is 5. The van der Waals surface area contributed by atoms with Crippen molar-refractivity contribution in [3.05, 3.63) is 75.2 Å². The van der Waals surface area contributed by atoms with Gasteiger partial charge in [-0.25, -0.2) is 4.68 Å². The third kappa shape index (κ3) is 3.60. The monoisotopic (exact) mass is 475 g/mol. The van der Waals surface area contributed by atoms with Crippen molar-refractivity contribution in [2.45, 2.75) is 32.6 Å². The summed E-state index contributed by atoms with van der Waals surface area (Å²) in [4.78, 5) is 27.4. The molecule has 2 heterocycles. The van der Waals surface area contributed by atoms with Gasteiger partial charge in [0.1, 0.15) is 5.82 Å². The number of hydrogen-bond donors (Lipinski definition) is 2. The molecule has 35 heavy (non-hydrogen) atoms. The smallest absolute Gasteiger partial charge is 0.277 e. The van der Waals surface area contributed by atoms with Crippen LogP contribution in [-0.4, -0.2) is 36.9 Å². The van der Waals surface area contributed by atoms with Gasteiger partial charge < -0.3 is 19.5 Å². The highest BCUT2D eigenvalue weighted by Gasteiger charge is 2.44. The number of aromatic nitrogens is 2. The number of H-pyrrole nitrogens is 1. The Morgan fingerprint density at radius 2 is 1.63 bits per heavy atom. The predicted octanol–water partition coefficient (Wildman–Crippen LogP) is 4.39. The lowest BCUT2D eigenvalue weighted by Gasteiger charge is -2.38. The number of fused-ring (bicyclic) bond motifs is 1. The molecule has 182 valence electrons. The number of hydrogen-bond acceptors (Lipinski definition) is 6. The van der Waals surface area contributed by atoms with Crippen LogP contribution >= 0.6 is 0 Å². The molecule has 2 N–H and O–H groups in total. The fraction of sp³-hybridized carbons (Fsp3) is 0.333. The van der Waals surface area contributed by atoms with Crippen molar-refractivity contribution in [2.24, 2.45) is 5.41 Å². The van der Waals surface area contributed by atoms with Gasteiger partial charge in [-0.1, -0.05) is 38.1 Å². The van der Waals surface area contributed by atoms with E-state index in [-0.39, 0.29) is 16.8 Å². The van der Waals surface area contributed by atoms with E-state index in [1.807, 2.05) is 36.4 Å². The number of ketones is 1. The molecule has 8 heteroatoms. The Bertz CT molecular complexity index is 1400. The molecule has 0 spiro atoms. The number of carbonyl (C=O) groups is 1. The number of allylic oxidation sites excluding steroid dienone is 2. The molecule has 1 atom stereocenters. The van der Waals surface area contributed by atoms with Crippen molar-refractivity contribution < 1.29 is 19.0 Å². The van der Waals surface area contributed by atoms with E-state index in [0.717, 1.165) is 5.70 Å². The van der Waals surface area contributed by atoms with Gasteiger partial charge in [-0.2, -0.15) is 0 Å². The van der Waals surface area contributed by atoms with E-state index < -0.39 is 5.92 Å². The summed E-state index contributed by atoms with van der Waals surface area (Å²) in [6.07, 6.45) is 1.07. The van der Waals surface area contributed by atoms with Crippen molar-refractivity contribution >= 4 is 11.6 Å². The van der Waals surface area contributed by atoms with Crippen LogP contribution in [0.25, 0.3) is 5.69 Å². The minimum Gasteiger partial charge on any atom is -0.493 e. The van der Waals surface area contributed by atoms with Crippen molar-refractivity contribution in [2.75, 3.05) is 26.6 Å². The molecule has 1 aromatic heterocycles. The predicted molar refractivity (Wildman–Crippen MR) is 133 cm³/mol. The Labute approximate surface area is 203 Å². The van der Waals surface area contributed by atoms with Crippen LogP contribution in [0.1, 0.15) is 43.7 Å². The van der Waals surface area contributed by atoms with Crippen LogP contribution in [0.5, 0.6) is 17.2 Å². The van der Waals surface area contributed by atoms with Gasteiger partial charge in [-0.3, -0.25) is 14.7 Å². The van der Waals surface area contributed by atoms with Crippen molar-refractivity contribution in [1.82, 2.24) is 9.78 Å². The molecule has 2 aromatic carbocycles. The number of benzene rings is 2. The molecule has 8 nitrogen and oxygen atoms in total. The topological polar surface area (TPSA) is 94.6 Å². The molecule has 3 aromatic rings. The summed E-state index contributed by atoms with van der Waals surface area (Å²) in [5.74, 6) is 1.31. The second-order valence-electron chi connectivity index (χ2n) is 9.69. The molecule has 5 rings (SSSR count). The summed E-state index contributed by atoms with van der Waals surface area (Å²) < 4.78 is 18.4. The maximum atomic E-state index is 13.8. The Hall–Kier alpha value is -3.94. The molecule has 1 aliphatic carbocycles. The second kappa shape index (κ2) is 8.37. The minimum atomic E-state index is -0.631. The minimum absolute atomic E-state index is 0.0168. The quantitative estimate of drug-likeness (QED) is 0.568. The molecule has 0 unspecified atom stereocenters. The highest BCUT2D eigenvalue weighted by molar-refractivity contribution is 6.01. The molecule has 0 bridgehead atoms. The summed E-state index contributed by atoms with van der Waals surface area (Å²) in [7, 11) is 4.64.